The first kappa shape index (κ1) is 20.5. The van der Waals surface area contributed by atoms with Crippen LogP contribution in [0.25, 0.3) is 11.5 Å². The number of rotatable bonds is 6. The Labute approximate surface area is 179 Å². The summed E-state index contributed by atoms with van der Waals surface area (Å²) in [5.74, 6) is -0.0397. The smallest absolute Gasteiger partial charge is 0.238 e. The molecule has 0 bridgehead atoms. The molecular weight excluding hydrogens is 407 g/mol. The highest BCUT2D eigenvalue weighted by atomic mass is 35.5. The first-order valence-electron chi connectivity index (χ1n) is 9.76. The van der Waals surface area contributed by atoms with Crippen molar-refractivity contribution in [3.8, 4) is 11.5 Å². The Morgan fingerprint density at radius 3 is 2.57 bits per heavy atom. The summed E-state index contributed by atoms with van der Waals surface area (Å²) in [5.41, 5.74) is 2.21. The molecule has 1 N–H and O–H groups in total. The normalized spacial score (nSPS) is 15.3. The molecule has 30 heavy (non-hydrogen) atoms. The van der Waals surface area contributed by atoms with Crippen LogP contribution in [0.15, 0.2) is 59.2 Å². The molecule has 156 valence electrons. The fourth-order valence-corrected chi connectivity index (χ4v) is 3.68. The highest BCUT2D eigenvalue weighted by molar-refractivity contribution is 6.30. The van der Waals surface area contributed by atoms with E-state index in [4.69, 9.17) is 16.0 Å². The number of oxazole rings is 1. The van der Waals surface area contributed by atoms with Crippen molar-refractivity contribution in [1.82, 2.24) is 14.8 Å². The van der Waals surface area contributed by atoms with Crippen molar-refractivity contribution in [2.24, 2.45) is 0 Å². The molecule has 1 aliphatic heterocycles. The van der Waals surface area contributed by atoms with Crippen molar-refractivity contribution < 1.29 is 13.6 Å². The highest BCUT2D eigenvalue weighted by Gasteiger charge is 2.20. The number of anilines is 1. The van der Waals surface area contributed by atoms with E-state index in [1.54, 1.807) is 6.26 Å². The molecule has 6 nitrogen and oxygen atoms in total. The zero-order valence-corrected chi connectivity index (χ0v) is 17.1. The third-order valence-electron chi connectivity index (χ3n) is 4.94. The topological polar surface area (TPSA) is 61.6 Å². The zero-order valence-electron chi connectivity index (χ0n) is 16.4. The molecule has 2 aromatic carbocycles. The maximum Gasteiger partial charge on any atom is 0.238 e. The Kier molecular flexibility index (Phi) is 6.42. The number of nitrogens with zero attached hydrogens (tertiary/aromatic N) is 3. The van der Waals surface area contributed by atoms with Crippen LogP contribution in [0.2, 0.25) is 5.02 Å². The first-order valence-corrected chi connectivity index (χ1v) is 10.1. The average Bonchev–Trinajstić information content (AvgIpc) is 3.18. The van der Waals surface area contributed by atoms with Crippen LogP contribution in [0.4, 0.5) is 10.1 Å². The fourth-order valence-electron chi connectivity index (χ4n) is 3.46. The van der Waals surface area contributed by atoms with Crippen LogP contribution in [0, 0.1) is 5.82 Å². The zero-order chi connectivity index (χ0) is 20.9. The molecule has 0 aliphatic carbocycles. The molecule has 1 aliphatic rings. The van der Waals surface area contributed by atoms with Gasteiger partial charge in [-0.15, -0.1) is 0 Å². The van der Waals surface area contributed by atoms with Gasteiger partial charge in [0.05, 0.1) is 12.2 Å². The molecule has 0 radical (unpaired) electrons. The molecule has 8 heteroatoms. The average molecular weight is 429 g/mol. The van der Waals surface area contributed by atoms with Crippen LogP contribution < -0.4 is 5.32 Å². The maximum absolute atomic E-state index is 13.4. The maximum atomic E-state index is 13.4. The third-order valence-corrected chi connectivity index (χ3v) is 5.15. The fraction of sp³-hybridized carbons (Fsp3) is 0.273. The molecule has 1 saturated heterocycles. The van der Waals surface area contributed by atoms with Crippen LogP contribution >= 0.6 is 11.6 Å². The standard InChI is InChI=1S/C22H22ClFN4O2/c23-17-10-18(24)12-19(11-17)25-21(29)14-28-8-6-27(7-9-28)13-20-15-30-22(26-20)16-4-2-1-3-5-16/h1-5,10-12,15H,6-9,13-14H2,(H,25,29). The lowest BCUT2D eigenvalue weighted by atomic mass is 10.2. The van der Waals surface area contributed by atoms with Gasteiger partial charge in [-0.2, -0.15) is 0 Å². The van der Waals surface area contributed by atoms with E-state index in [1.165, 1.54) is 18.2 Å². The highest BCUT2D eigenvalue weighted by Crippen LogP contribution is 2.20. The first-order chi connectivity index (χ1) is 14.5. The summed E-state index contributed by atoms with van der Waals surface area (Å²) in [7, 11) is 0. The van der Waals surface area contributed by atoms with Gasteiger partial charge < -0.3 is 9.73 Å². The van der Waals surface area contributed by atoms with Gasteiger partial charge in [0.2, 0.25) is 11.8 Å². The summed E-state index contributed by atoms with van der Waals surface area (Å²) in [6.07, 6.45) is 1.70. The minimum absolute atomic E-state index is 0.186. The van der Waals surface area contributed by atoms with Gasteiger partial charge in [0, 0.05) is 49.0 Å². The SMILES string of the molecule is O=C(CN1CCN(Cc2coc(-c3ccccc3)n2)CC1)Nc1cc(F)cc(Cl)c1. The van der Waals surface area contributed by atoms with Gasteiger partial charge in [0.25, 0.3) is 0 Å². The van der Waals surface area contributed by atoms with E-state index in [0.29, 0.717) is 18.1 Å². The molecule has 1 fully saturated rings. The number of piperazine rings is 1. The van der Waals surface area contributed by atoms with Gasteiger partial charge in [0.15, 0.2) is 0 Å². The number of benzene rings is 2. The number of carbonyl (C=O) groups is 1. The lowest BCUT2D eigenvalue weighted by Crippen LogP contribution is -2.48. The quantitative estimate of drug-likeness (QED) is 0.645. The third kappa shape index (κ3) is 5.44. The number of aromatic nitrogens is 1. The lowest BCUT2D eigenvalue weighted by Gasteiger charge is -2.33. The van der Waals surface area contributed by atoms with Gasteiger partial charge in [-0.25, -0.2) is 9.37 Å². The van der Waals surface area contributed by atoms with E-state index in [2.05, 4.69) is 20.1 Å². The summed E-state index contributed by atoms with van der Waals surface area (Å²) in [6.45, 7) is 4.14. The summed E-state index contributed by atoms with van der Waals surface area (Å²) in [5, 5.41) is 2.95. The van der Waals surface area contributed by atoms with Crippen molar-refractivity contribution in [3.63, 3.8) is 0 Å². The van der Waals surface area contributed by atoms with E-state index in [0.717, 1.165) is 37.4 Å². The van der Waals surface area contributed by atoms with Crippen molar-refractivity contribution in [3.05, 3.63) is 71.3 Å². The summed E-state index contributed by atoms with van der Waals surface area (Å²) < 4.78 is 19.0. The predicted octanol–water partition coefficient (Wildman–Crippen LogP) is 3.89. The Bertz CT molecular complexity index is 983. The molecule has 1 amide bonds. The van der Waals surface area contributed by atoms with Gasteiger partial charge in [-0.05, 0) is 30.3 Å². The Hall–Kier alpha value is -2.74. The minimum atomic E-state index is -0.477. The van der Waals surface area contributed by atoms with Crippen LogP contribution in [0.1, 0.15) is 5.69 Å². The van der Waals surface area contributed by atoms with Crippen LogP contribution in [-0.4, -0.2) is 53.4 Å². The number of hydrogen-bond acceptors (Lipinski definition) is 5. The van der Waals surface area contributed by atoms with E-state index in [1.807, 2.05) is 30.3 Å². The predicted molar refractivity (Wildman–Crippen MR) is 114 cm³/mol. The van der Waals surface area contributed by atoms with Gasteiger partial charge in [0.1, 0.15) is 12.1 Å². The molecule has 3 aromatic rings. The van der Waals surface area contributed by atoms with E-state index < -0.39 is 5.82 Å². The van der Waals surface area contributed by atoms with Crippen molar-refractivity contribution in [2.45, 2.75) is 6.54 Å². The molecule has 0 atom stereocenters. The largest absolute Gasteiger partial charge is 0.444 e. The molecule has 0 spiro atoms. The second kappa shape index (κ2) is 9.38. The Morgan fingerprint density at radius 1 is 1.10 bits per heavy atom. The number of carbonyl (C=O) groups excluding carboxylic acids is 1. The second-order valence-electron chi connectivity index (χ2n) is 7.27. The molecular formula is C22H22ClFN4O2. The Morgan fingerprint density at radius 2 is 1.83 bits per heavy atom. The van der Waals surface area contributed by atoms with E-state index >= 15 is 0 Å². The van der Waals surface area contributed by atoms with E-state index in [-0.39, 0.29) is 17.5 Å². The van der Waals surface area contributed by atoms with Crippen molar-refractivity contribution in [2.75, 3.05) is 38.0 Å². The van der Waals surface area contributed by atoms with Crippen molar-refractivity contribution in [1.29, 1.82) is 0 Å². The lowest BCUT2D eigenvalue weighted by molar-refractivity contribution is -0.117. The van der Waals surface area contributed by atoms with Gasteiger partial charge >= 0.3 is 0 Å². The second-order valence-corrected chi connectivity index (χ2v) is 7.71. The summed E-state index contributed by atoms with van der Waals surface area (Å²) in [4.78, 5) is 21.2. The number of nitrogens with one attached hydrogen (secondary N) is 1. The molecule has 1 aromatic heterocycles. The summed E-state index contributed by atoms with van der Waals surface area (Å²) >= 11 is 5.83. The van der Waals surface area contributed by atoms with Crippen LogP contribution in [-0.2, 0) is 11.3 Å². The number of hydrogen-bond donors (Lipinski definition) is 1. The monoisotopic (exact) mass is 428 g/mol. The van der Waals surface area contributed by atoms with Crippen LogP contribution in [0.3, 0.4) is 0 Å². The van der Waals surface area contributed by atoms with Crippen LogP contribution in [0.5, 0.6) is 0 Å². The van der Waals surface area contributed by atoms with E-state index in [9.17, 15) is 9.18 Å². The molecule has 4 rings (SSSR count). The number of halogens is 2. The van der Waals surface area contributed by atoms with Crippen molar-refractivity contribution >= 4 is 23.2 Å². The molecule has 2 heterocycles. The molecule has 0 saturated carbocycles. The van der Waals surface area contributed by atoms with Gasteiger partial charge in [-0.1, -0.05) is 29.8 Å². The number of amides is 1. The Balaban J connectivity index is 1.24. The summed E-state index contributed by atoms with van der Waals surface area (Å²) in [6, 6.07) is 13.8. The molecule has 0 unspecified atom stereocenters. The minimum Gasteiger partial charge on any atom is -0.444 e. The van der Waals surface area contributed by atoms with Gasteiger partial charge in [-0.3, -0.25) is 14.6 Å².